The predicted molar refractivity (Wildman–Crippen MR) is 73.6 cm³/mol. The first kappa shape index (κ1) is 14.3. The zero-order valence-electron chi connectivity index (χ0n) is 11.4. The number of nitrogen functional groups attached to an aromatic ring is 1. The summed E-state index contributed by atoms with van der Waals surface area (Å²) < 4.78 is 13.8. The number of carbonyl (C=O) groups is 2. The number of nitrogens with two attached hydrogens (primary N) is 1. The summed E-state index contributed by atoms with van der Waals surface area (Å²) in [5.74, 6) is -1.33. The van der Waals surface area contributed by atoms with E-state index in [1.807, 2.05) is 0 Å². The van der Waals surface area contributed by atoms with Crippen molar-refractivity contribution < 1.29 is 14.0 Å². The molecule has 0 aromatic heterocycles. The van der Waals surface area contributed by atoms with Gasteiger partial charge in [0.05, 0.1) is 5.56 Å². The molecule has 2 amide bonds. The first-order valence-electron chi connectivity index (χ1n) is 6.62. The molecule has 0 radical (unpaired) electrons. The van der Waals surface area contributed by atoms with Crippen LogP contribution in [0.4, 0.5) is 10.1 Å². The zero-order chi connectivity index (χ0) is 14.7. The van der Waals surface area contributed by atoms with E-state index < -0.39 is 17.8 Å². The Morgan fingerprint density at radius 2 is 2.15 bits per heavy atom. The van der Waals surface area contributed by atoms with Crippen LogP contribution >= 0.6 is 0 Å². The highest BCUT2D eigenvalue weighted by atomic mass is 19.1. The number of hydrogen-bond donors (Lipinski definition) is 2. The van der Waals surface area contributed by atoms with E-state index in [1.54, 1.807) is 0 Å². The third-order valence-electron chi connectivity index (χ3n) is 3.54. The van der Waals surface area contributed by atoms with E-state index in [2.05, 4.69) is 5.32 Å². The van der Waals surface area contributed by atoms with Gasteiger partial charge in [-0.25, -0.2) is 4.39 Å². The van der Waals surface area contributed by atoms with Gasteiger partial charge in [0.1, 0.15) is 11.9 Å². The summed E-state index contributed by atoms with van der Waals surface area (Å²) >= 11 is 0. The third kappa shape index (κ3) is 2.74. The lowest BCUT2D eigenvalue weighted by Gasteiger charge is -2.34. The van der Waals surface area contributed by atoms with Crippen LogP contribution in [-0.2, 0) is 4.79 Å². The first-order chi connectivity index (χ1) is 9.54. The van der Waals surface area contributed by atoms with Gasteiger partial charge in [0.25, 0.3) is 5.91 Å². The average Bonchev–Trinajstić information content (AvgIpc) is 2.46. The molecule has 20 heavy (non-hydrogen) atoms. The number of halogens is 1. The summed E-state index contributed by atoms with van der Waals surface area (Å²) in [6, 6.07) is 3.43. The van der Waals surface area contributed by atoms with Gasteiger partial charge in [0.2, 0.25) is 5.91 Å². The molecule has 108 valence electrons. The van der Waals surface area contributed by atoms with E-state index in [1.165, 1.54) is 24.1 Å². The van der Waals surface area contributed by atoms with Crippen molar-refractivity contribution in [2.24, 2.45) is 0 Å². The van der Waals surface area contributed by atoms with Crippen molar-refractivity contribution in [1.29, 1.82) is 0 Å². The van der Waals surface area contributed by atoms with Crippen molar-refractivity contribution in [2.75, 3.05) is 19.3 Å². The molecule has 1 unspecified atom stereocenters. The summed E-state index contributed by atoms with van der Waals surface area (Å²) in [7, 11) is 1.53. The molecule has 3 N–H and O–H groups in total. The fraction of sp³-hybridized carbons (Fsp3) is 0.429. The minimum atomic E-state index is -0.656. The lowest BCUT2D eigenvalue weighted by atomic mass is 10.00. The van der Waals surface area contributed by atoms with Crippen LogP contribution in [-0.4, -0.2) is 36.3 Å². The molecule has 0 aliphatic carbocycles. The van der Waals surface area contributed by atoms with Gasteiger partial charge in [-0.05, 0) is 37.5 Å². The normalized spacial score (nSPS) is 18.7. The Bertz CT molecular complexity index is 533. The van der Waals surface area contributed by atoms with Crippen LogP contribution in [0.2, 0.25) is 0 Å². The summed E-state index contributed by atoms with van der Waals surface area (Å²) in [6.07, 6.45) is 2.30. The average molecular weight is 279 g/mol. The van der Waals surface area contributed by atoms with Gasteiger partial charge in [-0.2, -0.15) is 0 Å². The van der Waals surface area contributed by atoms with Gasteiger partial charge >= 0.3 is 0 Å². The van der Waals surface area contributed by atoms with Gasteiger partial charge in [0.15, 0.2) is 0 Å². The number of nitrogens with one attached hydrogen (secondary N) is 1. The van der Waals surface area contributed by atoms with E-state index in [0.29, 0.717) is 13.0 Å². The second kappa shape index (κ2) is 5.90. The molecule has 0 bridgehead atoms. The quantitative estimate of drug-likeness (QED) is 0.797. The van der Waals surface area contributed by atoms with E-state index >= 15 is 0 Å². The van der Waals surface area contributed by atoms with Crippen molar-refractivity contribution in [1.82, 2.24) is 10.2 Å². The molecule has 1 aromatic rings. The summed E-state index contributed by atoms with van der Waals surface area (Å²) in [4.78, 5) is 25.7. The Morgan fingerprint density at radius 1 is 1.40 bits per heavy atom. The van der Waals surface area contributed by atoms with Gasteiger partial charge < -0.3 is 16.0 Å². The predicted octanol–water partition coefficient (Wildman–Crippen LogP) is 1.15. The maximum atomic E-state index is 13.8. The second-order valence-corrected chi connectivity index (χ2v) is 4.86. The highest BCUT2D eigenvalue weighted by Crippen LogP contribution is 2.22. The number of likely N-dealkylation sites (tertiary alicyclic amines) is 1. The Labute approximate surface area is 116 Å². The van der Waals surface area contributed by atoms with E-state index in [4.69, 9.17) is 5.73 Å². The first-order valence-corrected chi connectivity index (χ1v) is 6.62. The summed E-state index contributed by atoms with van der Waals surface area (Å²) in [5.41, 5.74) is 5.69. The molecule has 1 aromatic carbocycles. The van der Waals surface area contributed by atoms with E-state index in [0.717, 1.165) is 18.9 Å². The standard InChI is InChI=1S/C14H18FN3O2/c1-17-13(19)12-4-2-3-7-18(12)14(20)10-6-5-9(16)8-11(10)15/h5-6,8,12H,2-4,7,16H2,1H3,(H,17,19). The maximum Gasteiger partial charge on any atom is 0.257 e. The number of amides is 2. The molecule has 2 rings (SSSR count). The number of hydrogen-bond acceptors (Lipinski definition) is 3. The molecule has 1 saturated heterocycles. The molecular formula is C14H18FN3O2. The monoisotopic (exact) mass is 279 g/mol. The molecule has 1 atom stereocenters. The van der Waals surface area contributed by atoms with Crippen LogP contribution in [0, 0.1) is 5.82 Å². The molecule has 1 fully saturated rings. The summed E-state index contributed by atoms with van der Waals surface area (Å²) in [5, 5.41) is 2.55. The number of anilines is 1. The van der Waals surface area contributed by atoms with Crippen LogP contribution in [0.5, 0.6) is 0 Å². The van der Waals surface area contributed by atoms with Crippen LogP contribution in [0.15, 0.2) is 18.2 Å². The number of benzene rings is 1. The number of rotatable bonds is 2. The van der Waals surface area contributed by atoms with Gasteiger partial charge in [-0.1, -0.05) is 0 Å². The van der Waals surface area contributed by atoms with Gasteiger partial charge in [-0.3, -0.25) is 9.59 Å². The summed E-state index contributed by atoms with van der Waals surface area (Å²) in [6.45, 7) is 0.459. The van der Waals surface area contributed by atoms with Crippen molar-refractivity contribution >= 4 is 17.5 Å². The van der Waals surface area contributed by atoms with Crippen molar-refractivity contribution in [3.63, 3.8) is 0 Å². The van der Waals surface area contributed by atoms with Crippen molar-refractivity contribution in [2.45, 2.75) is 25.3 Å². The molecule has 0 saturated carbocycles. The smallest absolute Gasteiger partial charge is 0.257 e. The molecule has 6 heteroatoms. The van der Waals surface area contributed by atoms with Crippen LogP contribution in [0.1, 0.15) is 29.6 Å². The van der Waals surface area contributed by atoms with Crippen LogP contribution < -0.4 is 11.1 Å². The number of likely N-dealkylation sites (N-methyl/N-ethyl adjacent to an activating group) is 1. The van der Waals surface area contributed by atoms with Crippen LogP contribution in [0.25, 0.3) is 0 Å². The third-order valence-corrected chi connectivity index (χ3v) is 3.54. The topological polar surface area (TPSA) is 75.4 Å². The minimum Gasteiger partial charge on any atom is -0.399 e. The Hall–Kier alpha value is -2.11. The molecule has 1 aliphatic rings. The number of carbonyl (C=O) groups excluding carboxylic acids is 2. The highest BCUT2D eigenvalue weighted by Gasteiger charge is 2.32. The minimum absolute atomic E-state index is 0.0463. The number of nitrogens with zero attached hydrogens (tertiary/aromatic N) is 1. The lowest BCUT2D eigenvalue weighted by molar-refractivity contribution is -0.126. The van der Waals surface area contributed by atoms with E-state index in [-0.39, 0.29) is 17.2 Å². The van der Waals surface area contributed by atoms with Gasteiger partial charge in [-0.15, -0.1) is 0 Å². The Morgan fingerprint density at radius 3 is 2.80 bits per heavy atom. The molecule has 5 nitrogen and oxygen atoms in total. The fourth-order valence-corrected chi connectivity index (χ4v) is 2.47. The maximum absolute atomic E-state index is 13.8. The second-order valence-electron chi connectivity index (χ2n) is 4.86. The molecule has 0 spiro atoms. The van der Waals surface area contributed by atoms with Crippen LogP contribution in [0.3, 0.4) is 0 Å². The van der Waals surface area contributed by atoms with Crippen molar-refractivity contribution in [3.05, 3.63) is 29.6 Å². The fourth-order valence-electron chi connectivity index (χ4n) is 2.47. The van der Waals surface area contributed by atoms with Crippen molar-refractivity contribution in [3.8, 4) is 0 Å². The lowest BCUT2D eigenvalue weighted by Crippen LogP contribution is -2.51. The Balaban J connectivity index is 2.27. The molecular weight excluding hydrogens is 261 g/mol. The molecule has 1 aliphatic heterocycles. The largest absolute Gasteiger partial charge is 0.399 e. The van der Waals surface area contributed by atoms with Gasteiger partial charge in [0, 0.05) is 19.3 Å². The zero-order valence-corrected chi connectivity index (χ0v) is 11.4. The van der Waals surface area contributed by atoms with E-state index in [9.17, 15) is 14.0 Å². The molecule has 1 heterocycles. The Kier molecular flexibility index (Phi) is 4.22. The SMILES string of the molecule is CNC(=O)C1CCCCN1C(=O)c1ccc(N)cc1F. The highest BCUT2D eigenvalue weighted by molar-refractivity contribution is 5.98. The number of piperidine rings is 1.